The van der Waals surface area contributed by atoms with E-state index in [1.807, 2.05) is 26.0 Å². The van der Waals surface area contributed by atoms with Gasteiger partial charge >= 0.3 is 0 Å². The van der Waals surface area contributed by atoms with E-state index in [1.54, 1.807) is 24.3 Å². The van der Waals surface area contributed by atoms with E-state index in [1.165, 1.54) is 6.07 Å². The Bertz CT molecular complexity index is 770. The minimum atomic E-state index is -0.356. The number of Topliss-reactive ketones (excluding diaryl/α,β-unsaturated/α-hetero) is 2. The number of hydrogen-bond acceptors (Lipinski definition) is 2. The first-order valence-corrected chi connectivity index (χ1v) is 8.83. The van der Waals surface area contributed by atoms with Crippen LogP contribution in [0.3, 0.4) is 0 Å². The van der Waals surface area contributed by atoms with Gasteiger partial charge in [-0.25, -0.2) is 4.39 Å². The third kappa shape index (κ3) is 5.50. The van der Waals surface area contributed by atoms with Gasteiger partial charge in [0.15, 0.2) is 0 Å². The van der Waals surface area contributed by atoms with Crippen molar-refractivity contribution in [3.05, 3.63) is 70.0 Å². The molecule has 1 unspecified atom stereocenters. The quantitative estimate of drug-likeness (QED) is 0.664. The number of hydrogen-bond donors (Lipinski definition) is 0. The molecule has 0 spiro atoms. The van der Waals surface area contributed by atoms with Crippen LogP contribution in [0.4, 0.5) is 4.39 Å². The van der Waals surface area contributed by atoms with Crippen LogP contribution in [0.5, 0.6) is 0 Å². The molecule has 2 aromatic rings. The molecule has 0 aliphatic carbocycles. The Morgan fingerprint density at radius 3 is 2.44 bits per heavy atom. The van der Waals surface area contributed by atoms with Gasteiger partial charge in [0, 0.05) is 30.2 Å². The topological polar surface area (TPSA) is 34.1 Å². The van der Waals surface area contributed by atoms with Crippen LogP contribution >= 0.6 is 11.6 Å². The van der Waals surface area contributed by atoms with Gasteiger partial charge in [0.05, 0.1) is 0 Å². The Morgan fingerprint density at radius 2 is 1.80 bits per heavy atom. The Kier molecular flexibility index (Phi) is 6.89. The number of benzene rings is 2. The summed E-state index contributed by atoms with van der Waals surface area (Å²) in [5.74, 6) is -0.477. The summed E-state index contributed by atoms with van der Waals surface area (Å²) in [6, 6.07) is 11.9. The highest BCUT2D eigenvalue weighted by Crippen LogP contribution is 2.23. The van der Waals surface area contributed by atoms with Crippen LogP contribution in [-0.2, 0) is 28.9 Å². The Morgan fingerprint density at radius 1 is 1.08 bits per heavy atom. The zero-order valence-corrected chi connectivity index (χ0v) is 15.3. The average molecular weight is 361 g/mol. The van der Waals surface area contributed by atoms with Crippen molar-refractivity contribution in [2.45, 2.75) is 39.5 Å². The van der Waals surface area contributed by atoms with Gasteiger partial charge in [-0.3, -0.25) is 9.59 Å². The van der Waals surface area contributed by atoms with Crippen molar-refractivity contribution >= 4 is 23.2 Å². The molecule has 0 aromatic heterocycles. The summed E-state index contributed by atoms with van der Waals surface area (Å²) in [4.78, 5) is 23.9. The molecular weight excluding hydrogens is 339 g/mol. The number of halogens is 2. The van der Waals surface area contributed by atoms with Crippen LogP contribution in [0.15, 0.2) is 42.5 Å². The molecular formula is C21H22ClFO2. The van der Waals surface area contributed by atoms with Crippen molar-refractivity contribution in [1.29, 1.82) is 0 Å². The maximum Gasteiger partial charge on any atom is 0.140 e. The number of carbonyl (C=O) groups excluding carboxylic acids is 2. The highest BCUT2D eigenvalue weighted by Gasteiger charge is 2.17. The maximum absolute atomic E-state index is 13.7. The van der Waals surface area contributed by atoms with Crippen molar-refractivity contribution in [1.82, 2.24) is 0 Å². The first kappa shape index (κ1) is 19.3. The Labute approximate surface area is 153 Å². The third-order valence-electron chi connectivity index (χ3n) is 4.31. The van der Waals surface area contributed by atoms with Gasteiger partial charge in [-0.05, 0) is 35.2 Å². The fraction of sp³-hybridized carbons (Fsp3) is 0.333. The van der Waals surface area contributed by atoms with E-state index < -0.39 is 0 Å². The van der Waals surface area contributed by atoms with Crippen LogP contribution < -0.4 is 0 Å². The number of ketones is 2. The van der Waals surface area contributed by atoms with Gasteiger partial charge in [-0.15, -0.1) is 0 Å². The van der Waals surface area contributed by atoms with Crippen LogP contribution in [0.1, 0.15) is 37.0 Å². The standard InChI is InChI=1S/C21H22ClFO2/c1-3-18(24)11-15-8-9-16(19(22)12-15)10-14(2)21(25)13-17-6-4-5-7-20(17)23/h4-9,12,14H,3,10-11,13H2,1-2H3. The number of carbonyl (C=O) groups is 2. The molecule has 0 aliphatic heterocycles. The first-order chi connectivity index (χ1) is 11.9. The van der Waals surface area contributed by atoms with Gasteiger partial charge in [0.2, 0.25) is 0 Å². The van der Waals surface area contributed by atoms with E-state index in [2.05, 4.69) is 0 Å². The molecule has 0 amide bonds. The fourth-order valence-electron chi connectivity index (χ4n) is 2.67. The highest BCUT2D eigenvalue weighted by molar-refractivity contribution is 6.31. The lowest BCUT2D eigenvalue weighted by atomic mass is 9.92. The second kappa shape index (κ2) is 8.91. The van der Waals surface area contributed by atoms with E-state index in [0.29, 0.717) is 29.8 Å². The summed E-state index contributed by atoms with van der Waals surface area (Å²) >= 11 is 6.31. The Balaban J connectivity index is 2.02. The second-order valence-corrected chi connectivity index (χ2v) is 6.74. The van der Waals surface area contributed by atoms with Gasteiger partial charge in [-0.1, -0.05) is 55.8 Å². The first-order valence-electron chi connectivity index (χ1n) is 8.45. The van der Waals surface area contributed by atoms with E-state index in [-0.39, 0.29) is 29.7 Å². The molecule has 0 bridgehead atoms. The molecule has 132 valence electrons. The van der Waals surface area contributed by atoms with Crippen molar-refractivity contribution in [2.24, 2.45) is 5.92 Å². The molecule has 0 radical (unpaired) electrons. The third-order valence-corrected chi connectivity index (χ3v) is 4.66. The van der Waals surface area contributed by atoms with Crippen LogP contribution in [0, 0.1) is 11.7 Å². The molecule has 0 N–H and O–H groups in total. The molecule has 0 saturated heterocycles. The minimum Gasteiger partial charge on any atom is -0.299 e. The summed E-state index contributed by atoms with van der Waals surface area (Å²) in [5.41, 5.74) is 2.16. The minimum absolute atomic E-state index is 0.0218. The van der Waals surface area contributed by atoms with Gasteiger partial charge in [0.1, 0.15) is 17.4 Å². The van der Waals surface area contributed by atoms with Crippen molar-refractivity contribution in [2.75, 3.05) is 0 Å². The van der Waals surface area contributed by atoms with Gasteiger partial charge in [-0.2, -0.15) is 0 Å². The number of rotatable bonds is 8. The molecule has 0 heterocycles. The molecule has 2 nitrogen and oxygen atoms in total. The average Bonchev–Trinajstić information content (AvgIpc) is 2.59. The van der Waals surface area contributed by atoms with Crippen molar-refractivity contribution in [3.63, 3.8) is 0 Å². The normalized spacial score (nSPS) is 12.0. The Hall–Kier alpha value is -2.00. The summed E-state index contributed by atoms with van der Waals surface area (Å²) in [5, 5.41) is 0.562. The predicted octanol–water partition coefficient (Wildman–Crippen LogP) is 4.99. The molecule has 4 heteroatoms. The van der Waals surface area contributed by atoms with Gasteiger partial charge in [0.25, 0.3) is 0 Å². The summed E-state index contributed by atoms with van der Waals surface area (Å²) < 4.78 is 13.7. The summed E-state index contributed by atoms with van der Waals surface area (Å²) in [6.45, 7) is 3.66. The van der Waals surface area contributed by atoms with Crippen LogP contribution in [-0.4, -0.2) is 11.6 Å². The van der Waals surface area contributed by atoms with Crippen molar-refractivity contribution in [3.8, 4) is 0 Å². The molecule has 0 aliphatic rings. The SMILES string of the molecule is CCC(=O)Cc1ccc(CC(C)C(=O)Cc2ccccc2F)c(Cl)c1. The van der Waals surface area contributed by atoms with E-state index in [0.717, 1.165) is 11.1 Å². The zero-order valence-electron chi connectivity index (χ0n) is 14.5. The lowest BCUT2D eigenvalue weighted by Gasteiger charge is -2.13. The molecule has 0 fully saturated rings. The summed E-state index contributed by atoms with van der Waals surface area (Å²) in [6.07, 6.45) is 1.45. The van der Waals surface area contributed by atoms with Crippen molar-refractivity contribution < 1.29 is 14.0 Å². The largest absolute Gasteiger partial charge is 0.299 e. The lowest BCUT2D eigenvalue weighted by molar-refractivity contribution is -0.121. The molecule has 0 saturated carbocycles. The lowest BCUT2D eigenvalue weighted by Crippen LogP contribution is -2.17. The van der Waals surface area contributed by atoms with Crippen LogP contribution in [0.2, 0.25) is 5.02 Å². The van der Waals surface area contributed by atoms with E-state index in [4.69, 9.17) is 11.6 Å². The summed E-state index contributed by atoms with van der Waals surface area (Å²) in [7, 11) is 0. The second-order valence-electron chi connectivity index (χ2n) is 6.33. The predicted molar refractivity (Wildman–Crippen MR) is 98.4 cm³/mol. The smallest absolute Gasteiger partial charge is 0.140 e. The van der Waals surface area contributed by atoms with Gasteiger partial charge < -0.3 is 0 Å². The fourth-order valence-corrected chi connectivity index (χ4v) is 2.95. The molecule has 1 atom stereocenters. The highest BCUT2D eigenvalue weighted by atomic mass is 35.5. The van der Waals surface area contributed by atoms with Crippen LogP contribution in [0.25, 0.3) is 0 Å². The molecule has 25 heavy (non-hydrogen) atoms. The molecule has 2 aromatic carbocycles. The zero-order chi connectivity index (χ0) is 18.4. The molecule has 2 rings (SSSR count). The maximum atomic E-state index is 13.7. The monoisotopic (exact) mass is 360 g/mol. The van der Waals surface area contributed by atoms with E-state index in [9.17, 15) is 14.0 Å². The van der Waals surface area contributed by atoms with E-state index >= 15 is 0 Å².